The first-order chi connectivity index (χ1) is 7.66. The van der Waals surface area contributed by atoms with Gasteiger partial charge in [-0.25, -0.2) is 0 Å². The minimum Gasteiger partial charge on any atom is -0.373 e. The van der Waals surface area contributed by atoms with Crippen molar-refractivity contribution in [1.29, 1.82) is 0 Å². The second kappa shape index (κ2) is 4.79. The molecule has 0 amide bonds. The molecule has 2 heteroatoms. The predicted molar refractivity (Wildman–Crippen MR) is 63.8 cm³/mol. The molecule has 0 spiro atoms. The normalized spacial score (nSPS) is 15.1. The Morgan fingerprint density at radius 1 is 1.38 bits per heavy atom. The van der Waals surface area contributed by atoms with Crippen LogP contribution in [-0.4, -0.2) is 19.0 Å². The number of benzene rings is 1. The molecule has 1 aromatic carbocycles. The van der Waals surface area contributed by atoms with Crippen molar-refractivity contribution in [3.63, 3.8) is 0 Å². The van der Waals surface area contributed by atoms with Crippen molar-refractivity contribution >= 4 is 5.78 Å². The SMILES string of the molecule is Cc1ccc(C(=O)COCC2CC2)c(C)c1. The number of ketones is 1. The van der Waals surface area contributed by atoms with Gasteiger partial charge in [-0.15, -0.1) is 0 Å². The summed E-state index contributed by atoms with van der Waals surface area (Å²) in [5.74, 6) is 0.810. The first-order valence-corrected chi connectivity index (χ1v) is 5.85. The van der Waals surface area contributed by atoms with Gasteiger partial charge in [0.1, 0.15) is 6.61 Å². The molecule has 1 aliphatic carbocycles. The highest BCUT2D eigenvalue weighted by Crippen LogP contribution is 2.28. The van der Waals surface area contributed by atoms with Gasteiger partial charge >= 0.3 is 0 Å². The van der Waals surface area contributed by atoms with Gasteiger partial charge < -0.3 is 4.74 Å². The lowest BCUT2D eigenvalue weighted by Gasteiger charge is -2.06. The Bertz CT molecular complexity index is 392. The second-order valence-electron chi connectivity index (χ2n) is 4.70. The van der Waals surface area contributed by atoms with E-state index in [0.29, 0.717) is 5.92 Å². The summed E-state index contributed by atoms with van der Waals surface area (Å²) in [6.07, 6.45) is 2.52. The Labute approximate surface area is 96.6 Å². The fourth-order valence-electron chi connectivity index (χ4n) is 1.81. The number of rotatable bonds is 5. The maximum atomic E-state index is 11.9. The molecule has 0 aliphatic heterocycles. The molecule has 0 N–H and O–H groups in total. The third-order valence-electron chi connectivity index (χ3n) is 2.97. The van der Waals surface area contributed by atoms with E-state index in [2.05, 4.69) is 0 Å². The number of hydrogen-bond acceptors (Lipinski definition) is 2. The predicted octanol–water partition coefficient (Wildman–Crippen LogP) is 2.91. The van der Waals surface area contributed by atoms with Crippen LogP contribution in [0.4, 0.5) is 0 Å². The molecule has 1 aromatic rings. The molecule has 2 rings (SSSR count). The standard InChI is InChI=1S/C14H18O2/c1-10-3-6-13(11(2)7-10)14(15)9-16-8-12-4-5-12/h3,6-7,12H,4-5,8-9H2,1-2H3. The monoisotopic (exact) mass is 218 g/mol. The average Bonchev–Trinajstić information content (AvgIpc) is 3.01. The molecular formula is C14H18O2. The van der Waals surface area contributed by atoms with E-state index in [1.54, 1.807) is 0 Å². The molecule has 0 radical (unpaired) electrons. The van der Waals surface area contributed by atoms with Crippen molar-refractivity contribution in [1.82, 2.24) is 0 Å². The van der Waals surface area contributed by atoms with E-state index >= 15 is 0 Å². The van der Waals surface area contributed by atoms with E-state index in [4.69, 9.17) is 4.74 Å². The number of aryl methyl sites for hydroxylation is 2. The maximum Gasteiger partial charge on any atom is 0.188 e. The third kappa shape index (κ3) is 2.92. The topological polar surface area (TPSA) is 26.3 Å². The summed E-state index contributed by atoms with van der Waals surface area (Å²) in [5, 5.41) is 0. The van der Waals surface area contributed by atoms with Gasteiger partial charge in [-0.05, 0) is 38.2 Å². The van der Waals surface area contributed by atoms with Crippen molar-refractivity contribution in [3.05, 3.63) is 34.9 Å². The molecule has 0 aromatic heterocycles. The van der Waals surface area contributed by atoms with Crippen LogP contribution in [0.1, 0.15) is 34.3 Å². The zero-order valence-electron chi connectivity index (χ0n) is 9.95. The first kappa shape index (κ1) is 11.3. The molecule has 2 nitrogen and oxygen atoms in total. The molecule has 0 bridgehead atoms. The van der Waals surface area contributed by atoms with Gasteiger partial charge in [0.2, 0.25) is 0 Å². The van der Waals surface area contributed by atoms with Gasteiger partial charge in [0.05, 0.1) is 6.61 Å². The Balaban J connectivity index is 1.91. The van der Waals surface area contributed by atoms with Crippen LogP contribution in [0.3, 0.4) is 0 Å². The van der Waals surface area contributed by atoms with Crippen molar-refractivity contribution in [3.8, 4) is 0 Å². The van der Waals surface area contributed by atoms with E-state index in [1.807, 2.05) is 32.0 Å². The van der Waals surface area contributed by atoms with Crippen LogP contribution in [0.15, 0.2) is 18.2 Å². The van der Waals surface area contributed by atoms with Crippen LogP contribution in [-0.2, 0) is 4.74 Å². The van der Waals surface area contributed by atoms with Crippen molar-refractivity contribution in [2.24, 2.45) is 5.92 Å². The highest BCUT2D eigenvalue weighted by molar-refractivity contribution is 5.98. The van der Waals surface area contributed by atoms with E-state index in [1.165, 1.54) is 18.4 Å². The van der Waals surface area contributed by atoms with Gasteiger partial charge in [-0.1, -0.05) is 23.8 Å². The largest absolute Gasteiger partial charge is 0.373 e. The average molecular weight is 218 g/mol. The Morgan fingerprint density at radius 2 is 2.12 bits per heavy atom. The van der Waals surface area contributed by atoms with E-state index in [9.17, 15) is 4.79 Å². The lowest BCUT2D eigenvalue weighted by atomic mass is 10.0. The summed E-state index contributed by atoms with van der Waals surface area (Å²) in [6.45, 7) is 4.98. The molecule has 0 saturated heterocycles. The van der Waals surface area contributed by atoms with E-state index in [0.717, 1.165) is 17.7 Å². The molecule has 16 heavy (non-hydrogen) atoms. The molecule has 0 heterocycles. The maximum absolute atomic E-state index is 11.9. The van der Waals surface area contributed by atoms with Crippen LogP contribution in [0.5, 0.6) is 0 Å². The summed E-state index contributed by atoms with van der Waals surface area (Å²) >= 11 is 0. The molecule has 0 unspecified atom stereocenters. The smallest absolute Gasteiger partial charge is 0.188 e. The number of carbonyl (C=O) groups is 1. The van der Waals surface area contributed by atoms with Gasteiger partial charge in [0.15, 0.2) is 5.78 Å². The summed E-state index contributed by atoms with van der Waals surface area (Å²) < 4.78 is 5.41. The van der Waals surface area contributed by atoms with E-state index in [-0.39, 0.29) is 12.4 Å². The van der Waals surface area contributed by atoms with Gasteiger partial charge in [-0.2, -0.15) is 0 Å². The number of carbonyl (C=O) groups excluding carboxylic acids is 1. The van der Waals surface area contributed by atoms with Crippen molar-refractivity contribution in [2.45, 2.75) is 26.7 Å². The summed E-state index contributed by atoms with van der Waals surface area (Å²) in [5.41, 5.74) is 3.02. The zero-order chi connectivity index (χ0) is 11.5. The second-order valence-corrected chi connectivity index (χ2v) is 4.70. The van der Waals surface area contributed by atoms with Crippen LogP contribution < -0.4 is 0 Å². The van der Waals surface area contributed by atoms with Gasteiger partial charge in [0.25, 0.3) is 0 Å². The number of Topliss-reactive ketones (excluding diaryl/α,β-unsaturated/α-hetero) is 1. The van der Waals surface area contributed by atoms with Crippen LogP contribution in [0, 0.1) is 19.8 Å². The molecule has 1 saturated carbocycles. The number of ether oxygens (including phenoxy) is 1. The summed E-state index contributed by atoms with van der Waals surface area (Å²) in [4.78, 5) is 11.9. The minimum absolute atomic E-state index is 0.0955. The highest BCUT2D eigenvalue weighted by atomic mass is 16.5. The van der Waals surface area contributed by atoms with E-state index < -0.39 is 0 Å². The van der Waals surface area contributed by atoms with Crippen molar-refractivity contribution < 1.29 is 9.53 Å². The fourth-order valence-corrected chi connectivity index (χ4v) is 1.81. The number of hydrogen-bond donors (Lipinski definition) is 0. The lowest BCUT2D eigenvalue weighted by molar-refractivity contribution is 0.0739. The van der Waals surface area contributed by atoms with Crippen LogP contribution >= 0.6 is 0 Å². The van der Waals surface area contributed by atoms with Gasteiger partial charge in [-0.3, -0.25) is 4.79 Å². The third-order valence-corrected chi connectivity index (χ3v) is 2.97. The Hall–Kier alpha value is -1.15. The Morgan fingerprint density at radius 3 is 2.75 bits per heavy atom. The summed E-state index contributed by atoms with van der Waals surface area (Å²) in [7, 11) is 0. The van der Waals surface area contributed by atoms with Crippen molar-refractivity contribution in [2.75, 3.05) is 13.2 Å². The Kier molecular flexibility index (Phi) is 3.39. The molecule has 0 atom stereocenters. The lowest BCUT2D eigenvalue weighted by Crippen LogP contribution is -2.12. The first-order valence-electron chi connectivity index (χ1n) is 5.85. The molecule has 1 aliphatic rings. The minimum atomic E-state index is 0.0955. The molecular weight excluding hydrogens is 200 g/mol. The summed E-state index contributed by atoms with van der Waals surface area (Å²) in [6, 6.07) is 5.91. The van der Waals surface area contributed by atoms with Gasteiger partial charge in [0, 0.05) is 5.56 Å². The zero-order valence-corrected chi connectivity index (χ0v) is 9.95. The fraction of sp³-hybridized carbons (Fsp3) is 0.500. The molecule has 86 valence electrons. The highest BCUT2D eigenvalue weighted by Gasteiger charge is 2.21. The quantitative estimate of drug-likeness (QED) is 0.710. The van der Waals surface area contributed by atoms with Crippen LogP contribution in [0.25, 0.3) is 0 Å². The molecule has 1 fully saturated rings. The van der Waals surface area contributed by atoms with Crippen LogP contribution in [0.2, 0.25) is 0 Å².